The summed E-state index contributed by atoms with van der Waals surface area (Å²) < 4.78 is 5.37. The molecular weight excluding hydrogens is 416 g/mol. The van der Waals surface area contributed by atoms with Gasteiger partial charge in [0, 0.05) is 35.8 Å². The van der Waals surface area contributed by atoms with Gasteiger partial charge < -0.3 is 10.1 Å². The summed E-state index contributed by atoms with van der Waals surface area (Å²) in [6.07, 6.45) is 4.17. The molecule has 0 radical (unpaired) electrons. The Bertz CT molecular complexity index is 876. The van der Waals surface area contributed by atoms with Gasteiger partial charge in [0.05, 0.1) is 24.5 Å². The number of nitrogens with one attached hydrogen (secondary N) is 1. The second kappa shape index (κ2) is 10.6. The van der Waals surface area contributed by atoms with Crippen molar-refractivity contribution in [1.82, 2.24) is 4.90 Å². The first kappa shape index (κ1) is 21.6. The van der Waals surface area contributed by atoms with Crippen molar-refractivity contribution in [3.63, 3.8) is 0 Å². The average molecular weight is 445 g/mol. The summed E-state index contributed by atoms with van der Waals surface area (Å²) in [6.45, 7) is 4.52. The van der Waals surface area contributed by atoms with E-state index in [1.54, 1.807) is 23.1 Å². The number of thioether (sulfide) groups is 1. The van der Waals surface area contributed by atoms with Crippen molar-refractivity contribution in [2.24, 2.45) is 0 Å². The van der Waals surface area contributed by atoms with E-state index in [1.165, 1.54) is 4.88 Å². The fourth-order valence-electron chi connectivity index (χ4n) is 3.97. The second-order valence-electron chi connectivity index (χ2n) is 7.66. The Hall–Kier alpha value is -1.67. The van der Waals surface area contributed by atoms with Gasteiger partial charge in [-0.25, -0.2) is 0 Å². The number of anilines is 1. The summed E-state index contributed by atoms with van der Waals surface area (Å²) in [5.41, 5.74) is 2.54. The third kappa shape index (κ3) is 5.32. The number of thiophene rings is 1. The second-order valence-corrected chi connectivity index (χ2v) is 9.88. The Morgan fingerprint density at radius 1 is 1.10 bits per heavy atom. The van der Waals surface area contributed by atoms with Gasteiger partial charge in [-0.3, -0.25) is 14.5 Å². The minimum Gasteiger partial charge on any atom is -0.379 e. The van der Waals surface area contributed by atoms with E-state index >= 15 is 0 Å². The lowest BCUT2D eigenvalue weighted by Crippen LogP contribution is -2.37. The molecule has 1 aliphatic heterocycles. The Labute approximate surface area is 186 Å². The summed E-state index contributed by atoms with van der Waals surface area (Å²) in [4.78, 5) is 29.5. The predicted molar refractivity (Wildman–Crippen MR) is 124 cm³/mol. The van der Waals surface area contributed by atoms with Gasteiger partial charge in [0.25, 0.3) is 0 Å². The summed E-state index contributed by atoms with van der Waals surface area (Å²) in [6, 6.07) is 9.38. The number of ketones is 1. The molecule has 0 spiro atoms. The van der Waals surface area contributed by atoms with E-state index in [0.29, 0.717) is 16.9 Å². The smallest absolute Gasteiger partial charge is 0.234 e. The van der Waals surface area contributed by atoms with Crippen LogP contribution >= 0.6 is 23.1 Å². The van der Waals surface area contributed by atoms with Gasteiger partial charge in [-0.1, -0.05) is 30.3 Å². The van der Waals surface area contributed by atoms with Crippen molar-refractivity contribution in [2.75, 3.05) is 49.7 Å². The number of carbonyl (C=O) groups is 2. The highest BCUT2D eigenvalue weighted by molar-refractivity contribution is 7.99. The number of ether oxygens (including phenoxy) is 1. The molecule has 1 aromatic heterocycles. The van der Waals surface area contributed by atoms with Crippen LogP contribution in [0.5, 0.6) is 0 Å². The van der Waals surface area contributed by atoms with E-state index < -0.39 is 0 Å². The van der Waals surface area contributed by atoms with E-state index in [9.17, 15) is 9.59 Å². The van der Waals surface area contributed by atoms with Crippen LogP contribution in [0.4, 0.5) is 5.00 Å². The standard InChI is InChI=1S/C23H28N2O3S2/c26-20(16-29-15-12-25-10-13-28-14-11-25)24-23-21(18-8-4-5-9-19(18)30-23)22(27)17-6-2-1-3-7-17/h1-3,6-7H,4-5,8-16H2,(H,24,26). The number of morpholine rings is 1. The topological polar surface area (TPSA) is 58.6 Å². The van der Waals surface area contributed by atoms with Crippen molar-refractivity contribution in [3.8, 4) is 0 Å². The predicted octanol–water partition coefficient (Wildman–Crippen LogP) is 3.86. The summed E-state index contributed by atoms with van der Waals surface area (Å²) >= 11 is 3.24. The molecule has 0 bridgehead atoms. The van der Waals surface area contributed by atoms with Crippen molar-refractivity contribution in [3.05, 3.63) is 51.9 Å². The monoisotopic (exact) mass is 444 g/mol. The lowest BCUT2D eigenvalue weighted by Gasteiger charge is -2.26. The van der Waals surface area contributed by atoms with Crippen LogP contribution in [-0.2, 0) is 22.4 Å². The minimum atomic E-state index is -0.0253. The maximum atomic E-state index is 13.3. The van der Waals surface area contributed by atoms with Gasteiger partial charge >= 0.3 is 0 Å². The van der Waals surface area contributed by atoms with Crippen LogP contribution in [-0.4, -0.2) is 60.9 Å². The number of amides is 1. The Kier molecular flexibility index (Phi) is 7.60. The maximum absolute atomic E-state index is 13.3. The van der Waals surface area contributed by atoms with E-state index in [1.807, 2.05) is 30.3 Å². The first-order chi connectivity index (χ1) is 14.7. The number of rotatable bonds is 8. The molecule has 160 valence electrons. The zero-order valence-electron chi connectivity index (χ0n) is 17.2. The third-order valence-corrected chi connectivity index (χ3v) is 7.72. The number of nitrogens with zero attached hydrogens (tertiary/aromatic N) is 1. The van der Waals surface area contributed by atoms with Gasteiger partial charge in [0.15, 0.2) is 5.78 Å². The van der Waals surface area contributed by atoms with Crippen LogP contribution < -0.4 is 5.32 Å². The van der Waals surface area contributed by atoms with E-state index in [0.717, 1.165) is 74.8 Å². The molecule has 2 aromatic rings. The molecule has 30 heavy (non-hydrogen) atoms. The van der Waals surface area contributed by atoms with Crippen LogP contribution in [0.3, 0.4) is 0 Å². The number of hydrogen-bond acceptors (Lipinski definition) is 6. The molecule has 0 saturated carbocycles. The van der Waals surface area contributed by atoms with Crippen molar-refractivity contribution < 1.29 is 14.3 Å². The molecule has 7 heteroatoms. The molecule has 1 N–H and O–H groups in total. The average Bonchev–Trinajstić information content (AvgIpc) is 3.15. The van der Waals surface area contributed by atoms with Crippen LogP contribution in [0.25, 0.3) is 0 Å². The van der Waals surface area contributed by atoms with Crippen LogP contribution in [0, 0.1) is 0 Å². The van der Waals surface area contributed by atoms with Crippen LogP contribution in [0.2, 0.25) is 0 Å². The number of hydrogen-bond donors (Lipinski definition) is 1. The molecule has 1 aromatic carbocycles. The molecule has 4 rings (SSSR count). The van der Waals surface area contributed by atoms with Gasteiger partial charge in [-0.2, -0.15) is 11.8 Å². The number of fused-ring (bicyclic) bond motifs is 1. The number of aryl methyl sites for hydroxylation is 1. The fourth-order valence-corrected chi connectivity index (χ4v) is 6.07. The van der Waals surface area contributed by atoms with Crippen molar-refractivity contribution in [2.45, 2.75) is 25.7 Å². The zero-order chi connectivity index (χ0) is 20.8. The summed E-state index contributed by atoms with van der Waals surface area (Å²) in [5.74, 6) is 1.32. The molecule has 2 heterocycles. The third-order valence-electron chi connectivity index (χ3n) is 5.58. The normalized spacial score (nSPS) is 16.8. The lowest BCUT2D eigenvalue weighted by molar-refractivity contribution is -0.113. The van der Waals surface area contributed by atoms with Crippen LogP contribution in [0.15, 0.2) is 30.3 Å². The van der Waals surface area contributed by atoms with Crippen LogP contribution in [0.1, 0.15) is 39.2 Å². The molecule has 2 aliphatic rings. The quantitative estimate of drug-likeness (QED) is 0.495. The lowest BCUT2D eigenvalue weighted by atomic mass is 9.92. The van der Waals surface area contributed by atoms with E-state index in [-0.39, 0.29) is 11.7 Å². The fraction of sp³-hybridized carbons (Fsp3) is 0.478. The highest BCUT2D eigenvalue weighted by Gasteiger charge is 2.27. The molecule has 1 aliphatic carbocycles. The minimum absolute atomic E-state index is 0.0188. The summed E-state index contributed by atoms with van der Waals surface area (Å²) in [5, 5.41) is 3.79. The van der Waals surface area contributed by atoms with E-state index in [2.05, 4.69) is 10.2 Å². The van der Waals surface area contributed by atoms with Gasteiger partial charge in [0.1, 0.15) is 5.00 Å². The van der Waals surface area contributed by atoms with Gasteiger partial charge in [0.2, 0.25) is 5.91 Å². The van der Waals surface area contributed by atoms with Crippen molar-refractivity contribution >= 4 is 39.8 Å². The molecule has 5 nitrogen and oxygen atoms in total. The molecular formula is C23H28N2O3S2. The van der Waals surface area contributed by atoms with E-state index in [4.69, 9.17) is 4.74 Å². The molecule has 1 fully saturated rings. The molecule has 1 amide bonds. The number of carbonyl (C=O) groups excluding carboxylic acids is 2. The Balaban J connectivity index is 1.40. The van der Waals surface area contributed by atoms with Gasteiger partial charge in [-0.15, -0.1) is 11.3 Å². The SMILES string of the molecule is O=C(CSCCN1CCOCC1)Nc1sc2c(c1C(=O)c1ccccc1)CCCC2. The number of benzene rings is 1. The highest BCUT2D eigenvalue weighted by Crippen LogP contribution is 2.39. The molecule has 0 unspecified atom stereocenters. The van der Waals surface area contributed by atoms with Crippen molar-refractivity contribution in [1.29, 1.82) is 0 Å². The molecule has 1 saturated heterocycles. The Morgan fingerprint density at radius 3 is 2.67 bits per heavy atom. The largest absolute Gasteiger partial charge is 0.379 e. The Morgan fingerprint density at radius 2 is 1.87 bits per heavy atom. The maximum Gasteiger partial charge on any atom is 0.234 e. The first-order valence-corrected chi connectivity index (χ1v) is 12.6. The molecule has 0 atom stereocenters. The first-order valence-electron chi connectivity index (χ1n) is 10.6. The summed E-state index contributed by atoms with van der Waals surface area (Å²) in [7, 11) is 0. The highest BCUT2D eigenvalue weighted by atomic mass is 32.2. The van der Waals surface area contributed by atoms with Gasteiger partial charge in [-0.05, 0) is 31.2 Å². The zero-order valence-corrected chi connectivity index (χ0v) is 18.8.